The average molecular weight is 501 g/mol. The predicted octanol–water partition coefficient (Wildman–Crippen LogP) is 5.46. The molecule has 10 heteroatoms. The maximum atomic E-state index is 13.8. The number of hydrogen-bond donors (Lipinski definition) is 2. The summed E-state index contributed by atoms with van der Waals surface area (Å²) in [6.07, 6.45) is -3.81. The van der Waals surface area contributed by atoms with Crippen LogP contribution in [0.15, 0.2) is 36.4 Å². The first-order valence-electron chi connectivity index (χ1n) is 11.4. The third-order valence-electron chi connectivity index (χ3n) is 6.27. The molecule has 0 fully saturated rings. The zero-order valence-corrected chi connectivity index (χ0v) is 20.4. The van der Waals surface area contributed by atoms with E-state index in [4.69, 9.17) is 10.5 Å². The van der Waals surface area contributed by atoms with Crippen LogP contribution in [0.3, 0.4) is 0 Å². The number of hydrogen-bond acceptors (Lipinski definition) is 5. The Morgan fingerprint density at radius 1 is 1.19 bits per heavy atom. The normalized spacial score (nSPS) is 14.9. The van der Waals surface area contributed by atoms with Crippen molar-refractivity contribution in [3.05, 3.63) is 64.5 Å². The summed E-state index contributed by atoms with van der Waals surface area (Å²) in [5.41, 5.74) is 5.90. The van der Waals surface area contributed by atoms with Gasteiger partial charge in [0.25, 0.3) is 5.91 Å². The van der Waals surface area contributed by atoms with Crippen LogP contribution in [-0.2, 0) is 19.0 Å². The van der Waals surface area contributed by atoms with Crippen molar-refractivity contribution >= 4 is 23.1 Å². The summed E-state index contributed by atoms with van der Waals surface area (Å²) >= 11 is 0. The fourth-order valence-corrected chi connectivity index (χ4v) is 4.61. The monoisotopic (exact) mass is 500 g/mol. The molecule has 0 spiro atoms. The second-order valence-corrected chi connectivity index (χ2v) is 9.62. The number of rotatable bonds is 6. The number of nitrogens with one attached hydrogen (secondary N) is 1. The molecule has 3 aromatic rings. The molecule has 2 aromatic carbocycles. The molecule has 0 saturated heterocycles. The lowest BCUT2D eigenvalue weighted by Crippen LogP contribution is -2.29. The highest BCUT2D eigenvalue weighted by Gasteiger charge is 2.45. The smallest absolute Gasteiger partial charge is 0.435 e. The lowest BCUT2D eigenvalue weighted by Gasteiger charge is -2.29. The molecule has 0 aliphatic heterocycles. The summed E-state index contributed by atoms with van der Waals surface area (Å²) in [6, 6.07) is 9.83. The van der Waals surface area contributed by atoms with Gasteiger partial charge in [-0.3, -0.25) is 9.59 Å². The summed E-state index contributed by atoms with van der Waals surface area (Å²) in [5, 5.41) is 6.95. The number of carbonyl (C=O) groups excluding carboxylic acids is 2. The van der Waals surface area contributed by atoms with Crippen LogP contribution >= 0.6 is 0 Å². The molecule has 190 valence electrons. The number of aryl methyl sites for hydroxylation is 1. The van der Waals surface area contributed by atoms with Crippen LogP contribution in [0.1, 0.15) is 64.9 Å². The summed E-state index contributed by atoms with van der Waals surface area (Å²) in [7, 11) is 1.55. The largest absolute Gasteiger partial charge is 0.496 e. The topological polar surface area (TPSA) is 99.2 Å². The Bertz CT molecular complexity index is 1360. The lowest BCUT2D eigenvalue weighted by molar-refractivity contribution is -0.141. The Labute approximate surface area is 206 Å². The number of aromatic nitrogens is 2. The Kier molecular flexibility index (Phi) is 6.32. The zero-order chi connectivity index (χ0) is 26.4. The maximum absolute atomic E-state index is 13.8. The van der Waals surface area contributed by atoms with E-state index < -0.39 is 34.5 Å². The summed E-state index contributed by atoms with van der Waals surface area (Å²) in [5.74, 6) is -0.651. The molecule has 0 bridgehead atoms. The van der Waals surface area contributed by atoms with E-state index in [1.54, 1.807) is 19.2 Å². The molecule has 1 aliphatic rings. The molecule has 4 rings (SSSR count). The number of nitrogens with zero attached hydrogens (tertiary/aromatic N) is 2. The SMILES string of the molecule is CCc1ccc(Nc2cc(-n3nc(C(F)(F)F)c4c3CC(C)(C)CC4=O)ccc2C(N)=O)cc1OC. The van der Waals surface area contributed by atoms with Crippen molar-refractivity contribution in [2.24, 2.45) is 11.1 Å². The van der Waals surface area contributed by atoms with E-state index in [-0.39, 0.29) is 35.5 Å². The maximum Gasteiger partial charge on any atom is 0.435 e. The molecule has 0 saturated carbocycles. The molecule has 36 heavy (non-hydrogen) atoms. The van der Waals surface area contributed by atoms with Gasteiger partial charge in [0, 0.05) is 18.2 Å². The number of nitrogens with two attached hydrogens (primary N) is 1. The summed E-state index contributed by atoms with van der Waals surface area (Å²) < 4.78 is 48.1. The minimum atomic E-state index is -4.79. The van der Waals surface area contributed by atoms with Crippen molar-refractivity contribution in [2.45, 2.75) is 46.2 Å². The average Bonchev–Trinajstić information content (AvgIpc) is 3.18. The molecule has 7 nitrogen and oxygen atoms in total. The van der Waals surface area contributed by atoms with Crippen LogP contribution in [0, 0.1) is 5.41 Å². The highest BCUT2D eigenvalue weighted by Crippen LogP contribution is 2.42. The van der Waals surface area contributed by atoms with Gasteiger partial charge in [-0.05, 0) is 48.1 Å². The first kappa shape index (κ1) is 25.3. The van der Waals surface area contributed by atoms with E-state index in [1.807, 2.05) is 26.8 Å². The Morgan fingerprint density at radius 2 is 1.92 bits per heavy atom. The van der Waals surface area contributed by atoms with E-state index in [2.05, 4.69) is 10.4 Å². The summed E-state index contributed by atoms with van der Waals surface area (Å²) in [6.45, 7) is 5.65. The van der Waals surface area contributed by atoms with Crippen molar-refractivity contribution in [1.82, 2.24) is 9.78 Å². The van der Waals surface area contributed by atoms with Gasteiger partial charge in [-0.2, -0.15) is 18.3 Å². The number of halogens is 3. The van der Waals surface area contributed by atoms with Crippen LogP contribution in [-0.4, -0.2) is 28.6 Å². The standard InChI is InChI=1S/C26H27F3N4O3/c1-5-14-6-7-15(10-21(14)36-4)31-18-11-16(8-9-17(18)24(30)35)33-19-12-25(2,3)13-20(34)22(19)23(32-33)26(27,28)29/h6-11,31H,5,12-13H2,1-4H3,(H2,30,35). The zero-order valence-electron chi connectivity index (χ0n) is 20.4. The second kappa shape index (κ2) is 9.00. The number of amides is 1. The van der Waals surface area contributed by atoms with Gasteiger partial charge in [0.05, 0.1) is 35.3 Å². The number of ketones is 1. The van der Waals surface area contributed by atoms with Crippen LogP contribution in [0.25, 0.3) is 5.69 Å². The van der Waals surface area contributed by atoms with Gasteiger partial charge in [-0.25, -0.2) is 4.68 Å². The first-order valence-corrected chi connectivity index (χ1v) is 11.4. The number of fused-ring (bicyclic) bond motifs is 1. The molecule has 1 amide bonds. The van der Waals surface area contributed by atoms with Gasteiger partial charge in [0.2, 0.25) is 0 Å². The third kappa shape index (κ3) is 4.67. The van der Waals surface area contributed by atoms with E-state index in [0.29, 0.717) is 11.4 Å². The Hall–Kier alpha value is -3.82. The van der Waals surface area contributed by atoms with Crippen LogP contribution in [0.5, 0.6) is 5.75 Å². The third-order valence-corrected chi connectivity index (χ3v) is 6.27. The second-order valence-electron chi connectivity index (χ2n) is 9.62. The van der Waals surface area contributed by atoms with E-state index in [1.165, 1.54) is 18.2 Å². The van der Waals surface area contributed by atoms with E-state index in [0.717, 1.165) is 16.7 Å². The van der Waals surface area contributed by atoms with Crippen molar-refractivity contribution in [2.75, 3.05) is 12.4 Å². The Morgan fingerprint density at radius 3 is 2.53 bits per heavy atom. The lowest BCUT2D eigenvalue weighted by atomic mass is 9.75. The van der Waals surface area contributed by atoms with Crippen molar-refractivity contribution in [3.63, 3.8) is 0 Å². The molecular weight excluding hydrogens is 473 g/mol. The first-order chi connectivity index (χ1) is 16.8. The molecule has 1 heterocycles. The Balaban J connectivity index is 1.86. The predicted molar refractivity (Wildman–Crippen MR) is 129 cm³/mol. The number of benzene rings is 2. The van der Waals surface area contributed by atoms with E-state index >= 15 is 0 Å². The van der Waals surface area contributed by atoms with Gasteiger partial charge in [-0.1, -0.05) is 26.8 Å². The number of primary amides is 1. The highest BCUT2D eigenvalue weighted by molar-refractivity contribution is 6.01. The molecule has 1 aliphatic carbocycles. The number of carbonyl (C=O) groups is 2. The minimum Gasteiger partial charge on any atom is -0.496 e. The van der Waals surface area contributed by atoms with Gasteiger partial charge < -0.3 is 15.8 Å². The molecule has 0 atom stereocenters. The highest BCUT2D eigenvalue weighted by atomic mass is 19.4. The van der Waals surface area contributed by atoms with Crippen molar-refractivity contribution in [3.8, 4) is 11.4 Å². The van der Waals surface area contributed by atoms with Crippen LogP contribution < -0.4 is 15.8 Å². The molecular formula is C26H27F3N4O3. The number of ether oxygens (including phenoxy) is 1. The van der Waals surface area contributed by atoms with Gasteiger partial charge in [0.15, 0.2) is 11.5 Å². The fraction of sp³-hybridized carbons (Fsp3) is 0.346. The number of alkyl halides is 3. The van der Waals surface area contributed by atoms with Gasteiger partial charge in [-0.15, -0.1) is 0 Å². The number of Topliss-reactive ketones (excluding diaryl/α,β-unsaturated/α-hetero) is 1. The fourth-order valence-electron chi connectivity index (χ4n) is 4.61. The molecule has 0 radical (unpaired) electrons. The van der Waals surface area contributed by atoms with Crippen molar-refractivity contribution in [1.29, 1.82) is 0 Å². The molecule has 3 N–H and O–H groups in total. The van der Waals surface area contributed by atoms with E-state index in [9.17, 15) is 22.8 Å². The van der Waals surface area contributed by atoms with Crippen LogP contribution in [0.4, 0.5) is 24.5 Å². The quantitative estimate of drug-likeness (QED) is 0.468. The van der Waals surface area contributed by atoms with Crippen molar-refractivity contribution < 1.29 is 27.5 Å². The minimum absolute atomic E-state index is 0.00220. The van der Waals surface area contributed by atoms with Gasteiger partial charge >= 0.3 is 6.18 Å². The summed E-state index contributed by atoms with van der Waals surface area (Å²) in [4.78, 5) is 24.9. The number of anilines is 2. The number of methoxy groups -OCH3 is 1. The van der Waals surface area contributed by atoms with Gasteiger partial charge in [0.1, 0.15) is 5.75 Å². The molecule has 0 unspecified atom stereocenters. The van der Waals surface area contributed by atoms with Crippen LogP contribution in [0.2, 0.25) is 0 Å². The molecule has 1 aromatic heterocycles.